The molecule has 20 nitrogen and oxygen atoms in total. The molecule has 0 aliphatic carbocycles. The van der Waals surface area contributed by atoms with E-state index in [0.717, 1.165) is 37.6 Å². The Morgan fingerprint density at radius 1 is 0.464 bits per heavy atom. The van der Waals surface area contributed by atoms with Crippen molar-refractivity contribution in [3.8, 4) is 0 Å². The summed E-state index contributed by atoms with van der Waals surface area (Å²) in [6.07, 6.45) is 2.95. The molecular formula is C48H102N2O18S. The van der Waals surface area contributed by atoms with Gasteiger partial charge in [0.05, 0.1) is 85.9 Å². The minimum Gasteiger partial charge on any atom is -0.382 e. The minimum absolute atomic E-state index is 0.0121. The van der Waals surface area contributed by atoms with E-state index in [0.29, 0.717) is 138 Å². The molecule has 0 spiro atoms. The Bertz CT molecular complexity index is 1000. The van der Waals surface area contributed by atoms with Gasteiger partial charge in [-0.05, 0) is 38.9 Å². The van der Waals surface area contributed by atoms with Crippen LogP contribution in [-0.4, -0.2) is 243 Å². The lowest BCUT2D eigenvalue weighted by molar-refractivity contribution is -0.121. The lowest BCUT2D eigenvalue weighted by atomic mass is 10.1. The van der Waals surface area contributed by atoms with Crippen molar-refractivity contribution in [2.45, 2.75) is 97.7 Å². The second kappa shape index (κ2) is 62.8. The second-order valence-corrected chi connectivity index (χ2v) is 16.3. The van der Waals surface area contributed by atoms with Crippen LogP contribution >= 0.6 is 11.8 Å². The standard InChI is InChI=1S/C21H43NO6S.C10H21NO4.C10H22O5.C7H16O3/c1-6-18(3)13-26-16-20(17-27-15-19(25-5)14-24-4)28-10-8-11-29-12-9-21(23)22-7-2;1-4-10(12)11-5-6-15-8-9(14-3)7-13-2;1-4-13-9-15-6-5-14-8-10(12-3)7-11-2;1-4-10-6-7(9-3)5-8-2/h18-20H,6-17H2,1-5H3,(H,22,23);9H,4-8H2,1-3H3,(H,11,12);10H,4-9H2,1-3H3;7H,4-6H2,1-3H3. The number of ether oxygens (including phenoxy) is 16. The van der Waals surface area contributed by atoms with Crippen molar-refractivity contribution >= 4 is 23.6 Å². The molecule has 6 unspecified atom stereocenters. The quantitative estimate of drug-likeness (QED) is 0.0644. The highest BCUT2D eigenvalue weighted by atomic mass is 32.2. The number of carbonyl (C=O) groups is 2. The van der Waals surface area contributed by atoms with Gasteiger partial charge in [-0.25, -0.2) is 0 Å². The average Bonchev–Trinajstić information content (AvgIpc) is 3.36. The third kappa shape index (κ3) is 59.1. The number of rotatable bonds is 47. The van der Waals surface area contributed by atoms with Gasteiger partial charge in [0.1, 0.15) is 37.3 Å². The van der Waals surface area contributed by atoms with Crippen LogP contribution in [0, 0.1) is 5.92 Å². The average molecular weight is 1030 g/mol. The molecule has 0 rings (SSSR count). The molecule has 21 heteroatoms. The molecule has 2 N–H and O–H groups in total. The van der Waals surface area contributed by atoms with E-state index >= 15 is 0 Å². The largest absolute Gasteiger partial charge is 0.382 e. The highest BCUT2D eigenvalue weighted by molar-refractivity contribution is 7.99. The summed E-state index contributed by atoms with van der Waals surface area (Å²) < 4.78 is 83.9. The third-order valence-electron chi connectivity index (χ3n) is 9.14. The van der Waals surface area contributed by atoms with Crippen molar-refractivity contribution in [1.29, 1.82) is 0 Å². The lowest BCUT2D eigenvalue weighted by Gasteiger charge is -2.21. The number of hydrogen-bond acceptors (Lipinski definition) is 19. The molecule has 69 heavy (non-hydrogen) atoms. The van der Waals surface area contributed by atoms with Gasteiger partial charge < -0.3 is 86.4 Å². The van der Waals surface area contributed by atoms with Crippen LogP contribution in [0.4, 0.5) is 0 Å². The number of methoxy groups -OCH3 is 8. The topological polar surface area (TPSA) is 206 Å². The summed E-state index contributed by atoms with van der Waals surface area (Å²) in [5.41, 5.74) is 0. The molecule has 0 aromatic carbocycles. The zero-order valence-corrected chi connectivity index (χ0v) is 46.4. The van der Waals surface area contributed by atoms with Crippen molar-refractivity contribution in [1.82, 2.24) is 10.6 Å². The molecule has 0 bridgehead atoms. The van der Waals surface area contributed by atoms with Crippen LogP contribution in [0.2, 0.25) is 0 Å². The number of carbonyl (C=O) groups excluding carboxylic acids is 2. The van der Waals surface area contributed by atoms with Crippen LogP contribution in [0.1, 0.15) is 67.2 Å². The van der Waals surface area contributed by atoms with Gasteiger partial charge in [-0.1, -0.05) is 27.2 Å². The molecule has 6 atom stereocenters. The Hall–Kier alpha value is -1.35. The minimum atomic E-state index is -0.0977. The number of hydrogen-bond donors (Lipinski definition) is 2. The van der Waals surface area contributed by atoms with Gasteiger partial charge in [-0.2, -0.15) is 11.8 Å². The van der Waals surface area contributed by atoms with Crippen molar-refractivity contribution < 1.29 is 85.4 Å². The maximum absolute atomic E-state index is 11.4. The first-order valence-electron chi connectivity index (χ1n) is 24.3. The highest BCUT2D eigenvalue weighted by Gasteiger charge is 2.14. The van der Waals surface area contributed by atoms with E-state index in [9.17, 15) is 9.59 Å². The second-order valence-electron chi connectivity index (χ2n) is 15.0. The van der Waals surface area contributed by atoms with E-state index in [1.54, 1.807) is 68.6 Å². The van der Waals surface area contributed by atoms with Crippen LogP contribution in [0.15, 0.2) is 0 Å². The van der Waals surface area contributed by atoms with Gasteiger partial charge in [0.15, 0.2) is 0 Å². The van der Waals surface area contributed by atoms with Gasteiger partial charge in [0.25, 0.3) is 0 Å². The Labute approximate surface area is 422 Å². The van der Waals surface area contributed by atoms with Gasteiger partial charge in [-0.15, -0.1) is 0 Å². The van der Waals surface area contributed by atoms with Crippen molar-refractivity contribution in [2.75, 3.05) is 201 Å². The summed E-state index contributed by atoms with van der Waals surface area (Å²) in [5, 5.41) is 5.53. The Morgan fingerprint density at radius 2 is 0.928 bits per heavy atom. The molecular weight excluding hydrogens is 925 g/mol. The summed E-state index contributed by atoms with van der Waals surface area (Å²) in [6.45, 7) is 23.1. The van der Waals surface area contributed by atoms with Gasteiger partial charge in [0.2, 0.25) is 11.8 Å². The first kappa shape index (κ1) is 74.2. The Balaban J connectivity index is -0.000000446. The van der Waals surface area contributed by atoms with Gasteiger partial charge >= 0.3 is 0 Å². The summed E-state index contributed by atoms with van der Waals surface area (Å²) in [5.74, 6) is 2.51. The van der Waals surface area contributed by atoms with Gasteiger partial charge in [0, 0.05) is 115 Å². The van der Waals surface area contributed by atoms with Gasteiger partial charge in [-0.3, -0.25) is 9.59 Å². The van der Waals surface area contributed by atoms with Crippen molar-refractivity contribution in [3.63, 3.8) is 0 Å². The summed E-state index contributed by atoms with van der Waals surface area (Å²) in [4.78, 5) is 22.3. The first-order chi connectivity index (χ1) is 33.5. The van der Waals surface area contributed by atoms with Crippen LogP contribution < -0.4 is 10.6 Å². The SMILES string of the molecule is CCC(=O)NCCOCC(COC)OC.CCNC(=O)CCSCCCOC(COCC(C)CC)COCC(COC)OC.CCOCC(COC)OC.CCOCOCCOCC(COC)OC. The molecule has 418 valence electrons. The summed E-state index contributed by atoms with van der Waals surface area (Å²) in [7, 11) is 13.1. The fraction of sp³-hybridized carbons (Fsp3) is 0.958. The third-order valence-corrected chi connectivity index (χ3v) is 10.2. The maximum Gasteiger partial charge on any atom is 0.220 e. The molecule has 0 saturated heterocycles. The van der Waals surface area contributed by atoms with Crippen LogP contribution in [0.5, 0.6) is 0 Å². The number of amides is 2. The predicted molar refractivity (Wildman–Crippen MR) is 271 cm³/mol. The monoisotopic (exact) mass is 1030 g/mol. The molecule has 0 aromatic heterocycles. The Morgan fingerprint density at radius 3 is 1.39 bits per heavy atom. The van der Waals surface area contributed by atoms with E-state index in [1.165, 1.54) is 0 Å². The number of nitrogens with one attached hydrogen (secondary N) is 2. The molecule has 0 radical (unpaired) electrons. The molecule has 2 amide bonds. The molecule has 0 fully saturated rings. The lowest BCUT2D eigenvalue weighted by Crippen LogP contribution is -2.31. The van der Waals surface area contributed by atoms with Crippen LogP contribution in [0.3, 0.4) is 0 Å². The van der Waals surface area contributed by atoms with E-state index in [1.807, 2.05) is 27.7 Å². The van der Waals surface area contributed by atoms with E-state index in [2.05, 4.69) is 24.5 Å². The van der Waals surface area contributed by atoms with Crippen molar-refractivity contribution in [2.24, 2.45) is 5.92 Å². The van der Waals surface area contributed by atoms with E-state index in [4.69, 9.17) is 75.8 Å². The van der Waals surface area contributed by atoms with E-state index < -0.39 is 0 Å². The molecule has 0 aliphatic rings. The normalized spacial score (nSPS) is 13.6. The van der Waals surface area contributed by atoms with E-state index in [-0.39, 0.29) is 42.3 Å². The zero-order chi connectivity index (χ0) is 52.4. The molecule has 0 heterocycles. The smallest absolute Gasteiger partial charge is 0.220 e. The Kier molecular flexibility index (Phi) is 67.5. The van der Waals surface area contributed by atoms with Crippen molar-refractivity contribution in [3.05, 3.63) is 0 Å². The summed E-state index contributed by atoms with van der Waals surface area (Å²) in [6, 6.07) is 0. The highest BCUT2D eigenvalue weighted by Crippen LogP contribution is 2.08. The molecule has 0 saturated carbocycles. The first-order valence-corrected chi connectivity index (χ1v) is 25.5. The molecule has 0 aromatic rings. The van der Waals surface area contributed by atoms with Crippen LogP contribution in [0.25, 0.3) is 0 Å². The maximum atomic E-state index is 11.4. The zero-order valence-electron chi connectivity index (χ0n) is 45.6. The summed E-state index contributed by atoms with van der Waals surface area (Å²) >= 11 is 1.78. The molecule has 0 aliphatic heterocycles. The fourth-order valence-corrected chi connectivity index (χ4v) is 5.68. The fourth-order valence-electron chi connectivity index (χ4n) is 4.82. The van der Waals surface area contributed by atoms with Crippen LogP contribution in [-0.2, 0) is 85.4 Å². The number of thioether (sulfide) groups is 1. The predicted octanol–water partition coefficient (Wildman–Crippen LogP) is 4.31.